The number of anilines is 1. The van der Waals surface area contributed by atoms with E-state index in [9.17, 15) is 5.41 Å². The van der Waals surface area contributed by atoms with Crippen molar-refractivity contribution in [1.82, 2.24) is 4.90 Å². The number of nitrogens with zero attached hydrogens (tertiary/aromatic N) is 3. The van der Waals surface area contributed by atoms with Crippen LogP contribution in [-0.2, 0) is 38.3 Å². The van der Waals surface area contributed by atoms with Crippen LogP contribution < -0.4 is 4.90 Å². The van der Waals surface area contributed by atoms with E-state index in [1.807, 2.05) is 23.1 Å². The van der Waals surface area contributed by atoms with Crippen LogP contribution in [0.4, 0.5) is 5.69 Å². The van der Waals surface area contributed by atoms with Gasteiger partial charge in [-0.1, -0.05) is 142 Å². The molecule has 2 fully saturated rings. The first kappa shape index (κ1) is 61.9. The normalized spacial score (nSPS) is 27.8. The van der Waals surface area contributed by atoms with Crippen molar-refractivity contribution in [2.75, 3.05) is 24.5 Å². The second kappa shape index (κ2) is 30.3. The number of thioether (sulfide) groups is 2. The first-order valence-corrected chi connectivity index (χ1v) is 34.4. The molecule has 5 aliphatic rings. The van der Waals surface area contributed by atoms with Gasteiger partial charge in [0.25, 0.3) is 0 Å². The molecule has 2 aromatic carbocycles. The molecule has 7 rings (SSSR count). The average molecular weight is 1160 g/mol. The monoisotopic (exact) mass is 1160 g/mol. The van der Waals surface area contributed by atoms with Gasteiger partial charge >= 0.3 is 78.2 Å². The SMILES string of the molecule is CC1=C(Br)C2C(C)C(C)C(C)C2S1.CC1=C(Br)C2C(C)C(C)C(C)C2S1.CCN(CC)CC.Cc1cccc(C)c1N1Cc2ccccc2C1=[N-].[CH3-].[CH3-].[Cl][Ti+]([Cl])[Cl].[Cl][Ti][Cl]. The Bertz CT molecular complexity index is 1600. The summed E-state index contributed by atoms with van der Waals surface area (Å²) >= 11 is 9.24. The van der Waals surface area contributed by atoms with Crippen LogP contribution in [0.5, 0.6) is 0 Å². The van der Waals surface area contributed by atoms with Crippen LogP contribution in [-0.4, -0.2) is 40.9 Å². The Hall–Kier alpha value is 1.89. The molecule has 2 aromatic rings. The molecule has 0 spiro atoms. The summed E-state index contributed by atoms with van der Waals surface area (Å²) < 4.78 is 2.98. The number of fused-ring (bicyclic) bond motifs is 3. The Morgan fingerprint density at radius 3 is 1.37 bits per heavy atom. The molecule has 3 nitrogen and oxygen atoms in total. The molecule has 340 valence electrons. The summed E-state index contributed by atoms with van der Waals surface area (Å²) in [5.41, 5.74) is 5.62. The molecule has 3 heterocycles. The number of aryl methyl sites for hydroxylation is 2. The number of benzene rings is 2. The van der Waals surface area contributed by atoms with Crippen molar-refractivity contribution < 1.29 is 31.7 Å². The third-order valence-corrected chi connectivity index (χ3v) is 18.9. The first-order valence-electron chi connectivity index (χ1n) is 20.3. The zero-order valence-corrected chi connectivity index (χ0v) is 50.2. The van der Waals surface area contributed by atoms with E-state index >= 15 is 0 Å². The van der Waals surface area contributed by atoms with Crippen molar-refractivity contribution in [3.05, 3.63) is 104 Å². The summed E-state index contributed by atoms with van der Waals surface area (Å²) in [6.45, 7) is 34.0. The van der Waals surface area contributed by atoms with Gasteiger partial charge in [0.2, 0.25) is 0 Å². The summed E-state index contributed by atoms with van der Waals surface area (Å²) in [6, 6.07) is 14.2. The molecular weight excluding hydrogens is 1090 g/mol. The van der Waals surface area contributed by atoms with Crippen molar-refractivity contribution in [2.24, 2.45) is 47.3 Å². The third kappa shape index (κ3) is 16.3. The van der Waals surface area contributed by atoms with Gasteiger partial charge in [0, 0.05) is 31.3 Å². The summed E-state index contributed by atoms with van der Waals surface area (Å²) in [5, 5.41) is 12.1. The van der Waals surface area contributed by atoms with Crippen LogP contribution in [0.1, 0.15) is 98.4 Å². The average Bonchev–Trinajstić information content (AvgIpc) is 3.89. The maximum absolute atomic E-state index is 10.4. The van der Waals surface area contributed by atoms with Gasteiger partial charge in [0.1, 0.15) is 0 Å². The molecule has 0 N–H and O–H groups in total. The van der Waals surface area contributed by atoms with E-state index in [4.69, 9.17) is 46.5 Å². The quantitative estimate of drug-likeness (QED) is 0.225. The van der Waals surface area contributed by atoms with E-state index in [2.05, 4.69) is 175 Å². The number of halogens is 7. The number of allylic oxidation sites excluding steroid dienone is 4. The Morgan fingerprint density at radius 1 is 0.683 bits per heavy atom. The van der Waals surface area contributed by atoms with Crippen LogP contribution in [0.3, 0.4) is 0 Å². The zero-order chi connectivity index (χ0) is 44.2. The second-order valence-corrected chi connectivity index (χ2v) is 30.7. The van der Waals surface area contributed by atoms with Crippen molar-refractivity contribution in [3.63, 3.8) is 0 Å². The fourth-order valence-corrected chi connectivity index (χ4v) is 14.5. The predicted molar refractivity (Wildman–Crippen MR) is 280 cm³/mol. The van der Waals surface area contributed by atoms with Crippen LogP contribution in [0.15, 0.2) is 61.2 Å². The standard InChI is InChI=1S/C16H15N2.2C11H17BrS.C6H15N.2CH3.5ClH.2Ti/c1-11-6-5-7-12(2)15(11)18-10-13-8-3-4-9-14(13)16(18)17;2*1-5-6(2)9-10(12)8(4)13-11(9)7(5)3;1-4-7(5-2)6-3;;;;;;;;;/h3-9H,10H2,1-2H3;2*5-7,9,11H,1-4H3;4-6H2,1-3H3;2*1H3;5*1H;;/q-1;;;;2*-1;;;;;;+2;+4/p-5. The predicted octanol–water partition coefficient (Wildman–Crippen LogP) is 17.9. The molecule has 60 heavy (non-hydrogen) atoms. The summed E-state index contributed by atoms with van der Waals surface area (Å²) in [5.74, 6) is 7.16. The van der Waals surface area contributed by atoms with Gasteiger partial charge in [-0.2, -0.15) is 0 Å². The fourth-order valence-electron chi connectivity index (χ4n) is 8.92. The molecule has 0 saturated heterocycles. The van der Waals surface area contributed by atoms with Gasteiger partial charge in [0.15, 0.2) is 0 Å². The Kier molecular flexibility index (Phi) is 31.3. The minimum atomic E-state index is -1.92. The van der Waals surface area contributed by atoms with Gasteiger partial charge in [0.05, 0.1) is 0 Å². The summed E-state index contributed by atoms with van der Waals surface area (Å²) in [4.78, 5) is 7.40. The molecule has 0 radical (unpaired) electrons. The molecule has 0 amide bonds. The number of para-hydroxylation sites is 1. The van der Waals surface area contributed by atoms with Gasteiger partial charge < -0.3 is 30.1 Å². The van der Waals surface area contributed by atoms with Crippen LogP contribution in [0.2, 0.25) is 0 Å². The summed E-state index contributed by atoms with van der Waals surface area (Å²) in [6.07, 6.45) is 0. The van der Waals surface area contributed by atoms with E-state index in [0.717, 1.165) is 75.6 Å². The van der Waals surface area contributed by atoms with Gasteiger partial charge in [-0.05, 0) is 127 Å². The molecule has 2 aliphatic carbocycles. The van der Waals surface area contributed by atoms with E-state index in [-0.39, 0.29) is 14.9 Å². The second-order valence-electron chi connectivity index (χ2n) is 15.9. The van der Waals surface area contributed by atoms with Crippen LogP contribution in [0, 0.1) is 76.0 Å². The van der Waals surface area contributed by atoms with E-state index in [1.54, 1.807) is 0 Å². The minimum absolute atomic E-state index is 0. The Labute approximate surface area is 427 Å². The molecule has 0 bridgehead atoms. The van der Waals surface area contributed by atoms with Crippen LogP contribution >= 0.6 is 102 Å². The van der Waals surface area contributed by atoms with Crippen molar-refractivity contribution in [1.29, 1.82) is 0 Å². The van der Waals surface area contributed by atoms with Gasteiger partial charge in [-0.25, -0.2) is 0 Å². The molecule has 10 atom stereocenters. The molecule has 3 aliphatic heterocycles. The zero-order valence-electron chi connectivity index (χ0n) is 38.4. The van der Waals surface area contributed by atoms with Crippen molar-refractivity contribution >= 4 is 113 Å². The summed E-state index contributed by atoms with van der Waals surface area (Å²) in [7, 11) is 24.7. The molecule has 14 heteroatoms. The topological polar surface area (TPSA) is 28.8 Å². The third-order valence-electron chi connectivity index (χ3n) is 13.0. The Morgan fingerprint density at radius 2 is 1.05 bits per heavy atom. The number of hydrogen-bond acceptors (Lipinski definition) is 3. The number of rotatable bonds is 4. The van der Waals surface area contributed by atoms with E-state index in [0.29, 0.717) is 5.84 Å². The Balaban J connectivity index is 0.000000752. The number of hydrogen-bond donors (Lipinski definition) is 0. The molecule has 10 unspecified atom stereocenters. The number of amidine groups is 1. The van der Waals surface area contributed by atoms with Gasteiger partial charge in [-0.3, -0.25) is 0 Å². The first-order chi connectivity index (χ1) is 27.2. The molecule has 2 saturated carbocycles. The molecular formula is C46H70Br2Cl5N3S2Ti2-2. The van der Waals surface area contributed by atoms with E-state index < -0.39 is 31.7 Å². The van der Waals surface area contributed by atoms with Crippen molar-refractivity contribution in [3.8, 4) is 0 Å². The fraction of sp³-hybridized carbons (Fsp3) is 0.587. The van der Waals surface area contributed by atoms with E-state index in [1.165, 1.54) is 55.1 Å². The van der Waals surface area contributed by atoms with Crippen molar-refractivity contribution in [2.45, 2.75) is 107 Å². The molecule has 0 aromatic heterocycles. The van der Waals surface area contributed by atoms with Gasteiger partial charge in [-0.15, -0.1) is 23.5 Å². The van der Waals surface area contributed by atoms with Crippen LogP contribution in [0.25, 0.3) is 5.41 Å². The maximum atomic E-state index is 10.4.